The Kier molecular flexibility index (Phi) is 3.25. The Bertz CT molecular complexity index is 412. The first-order chi connectivity index (χ1) is 7.79. The normalized spacial score (nSPS) is 13.5. The number of nitrogens with one attached hydrogen (secondary N) is 1. The van der Waals surface area contributed by atoms with Crippen LogP contribution in [0.3, 0.4) is 0 Å². The van der Waals surface area contributed by atoms with E-state index in [0.717, 1.165) is 30.8 Å². The molecule has 0 saturated carbocycles. The highest BCUT2D eigenvalue weighted by Crippen LogP contribution is 2.25. The molecule has 3 heteroatoms. The van der Waals surface area contributed by atoms with Crippen molar-refractivity contribution >= 4 is 5.91 Å². The molecule has 1 aliphatic rings. The van der Waals surface area contributed by atoms with E-state index >= 15 is 0 Å². The number of carbonyl (C=O) groups is 1. The lowest BCUT2D eigenvalue weighted by Crippen LogP contribution is -2.20. The molecule has 0 aromatic heterocycles. The van der Waals surface area contributed by atoms with E-state index in [0.29, 0.717) is 6.54 Å². The highest BCUT2D eigenvalue weighted by Gasteiger charge is 2.10. The largest absolute Gasteiger partial charge is 0.493 e. The molecule has 1 N–H and O–H groups in total. The first-order valence-electron chi connectivity index (χ1n) is 5.44. The van der Waals surface area contributed by atoms with Gasteiger partial charge in [0.1, 0.15) is 5.75 Å². The molecule has 3 nitrogen and oxygen atoms in total. The zero-order valence-corrected chi connectivity index (χ0v) is 9.16. The van der Waals surface area contributed by atoms with Gasteiger partial charge in [-0.15, -0.1) is 0 Å². The monoisotopic (exact) mass is 217 g/mol. The standard InChI is InChI=1S/C13H15NO2/c1-2-13(15)14-9-10-5-6-12-11(8-10)4-3-7-16-12/h2,5-6,8H,1,3-4,7,9H2,(H,14,15). The second-order valence-electron chi connectivity index (χ2n) is 3.82. The molecule has 1 aliphatic heterocycles. The molecule has 1 amide bonds. The number of amides is 1. The summed E-state index contributed by atoms with van der Waals surface area (Å²) in [4.78, 5) is 11.0. The lowest BCUT2D eigenvalue weighted by molar-refractivity contribution is -0.116. The Hall–Kier alpha value is -1.77. The summed E-state index contributed by atoms with van der Waals surface area (Å²) in [7, 11) is 0. The van der Waals surface area contributed by atoms with Crippen molar-refractivity contribution in [2.45, 2.75) is 19.4 Å². The number of benzene rings is 1. The summed E-state index contributed by atoms with van der Waals surface area (Å²) < 4.78 is 5.52. The molecule has 0 aliphatic carbocycles. The van der Waals surface area contributed by atoms with Crippen molar-refractivity contribution in [1.29, 1.82) is 0 Å². The van der Waals surface area contributed by atoms with E-state index in [9.17, 15) is 4.79 Å². The smallest absolute Gasteiger partial charge is 0.243 e. The van der Waals surface area contributed by atoms with E-state index < -0.39 is 0 Å². The number of fused-ring (bicyclic) bond motifs is 1. The Labute approximate surface area is 95.1 Å². The Morgan fingerprint density at radius 2 is 2.44 bits per heavy atom. The van der Waals surface area contributed by atoms with Gasteiger partial charge in [0.2, 0.25) is 5.91 Å². The predicted molar refractivity (Wildman–Crippen MR) is 62.3 cm³/mol. The van der Waals surface area contributed by atoms with Crippen molar-refractivity contribution < 1.29 is 9.53 Å². The third-order valence-corrected chi connectivity index (χ3v) is 2.63. The minimum atomic E-state index is -0.144. The van der Waals surface area contributed by atoms with Gasteiger partial charge in [0.25, 0.3) is 0 Å². The van der Waals surface area contributed by atoms with Crippen LogP contribution in [0.5, 0.6) is 5.75 Å². The van der Waals surface area contributed by atoms with Crippen LogP contribution in [0, 0.1) is 0 Å². The van der Waals surface area contributed by atoms with Gasteiger partial charge in [0.15, 0.2) is 0 Å². The SMILES string of the molecule is C=CC(=O)NCc1ccc2c(c1)CCCO2. The zero-order chi connectivity index (χ0) is 11.4. The van der Waals surface area contributed by atoms with Crippen molar-refractivity contribution in [3.63, 3.8) is 0 Å². The van der Waals surface area contributed by atoms with Gasteiger partial charge in [-0.05, 0) is 36.1 Å². The molecule has 0 saturated heterocycles. The summed E-state index contributed by atoms with van der Waals surface area (Å²) in [5, 5.41) is 2.76. The van der Waals surface area contributed by atoms with Gasteiger partial charge in [-0.1, -0.05) is 18.7 Å². The molecule has 1 aromatic carbocycles. The first-order valence-corrected chi connectivity index (χ1v) is 5.44. The Morgan fingerprint density at radius 3 is 3.25 bits per heavy atom. The molecular weight excluding hydrogens is 202 g/mol. The summed E-state index contributed by atoms with van der Waals surface area (Å²) in [5.41, 5.74) is 2.33. The van der Waals surface area contributed by atoms with Gasteiger partial charge in [0.05, 0.1) is 6.61 Å². The second-order valence-corrected chi connectivity index (χ2v) is 3.82. The molecule has 0 bridgehead atoms. The third kappa shape index (κ3) is 2.42. The maximum atomic E-state index is 11.0. The Morgan fingerprint density at radius 1 is 1.56 bits per heavy atom. The molecule has 2 rings (SSSR count). The minimum absolute atomic E-state index is 0.144. The molecule has 0 spiro atoms. The molecule has 0 atom stereocenters. The van der Waals surface area contributed by atoms with Crippen molar-refractivity contribution in [2.24, 2.45) is 0 Å². The molecule has 0 fully saturated rings. The number of rotatable bonds is 3. The van der Waals surface area contributed by atoms with E-state index in [1.165, 1.54) is 11.6 Å². The highest BCUT2D eigenvalue weighted by molar-refractivity contribution is 5.86. The van der Waals surface area contributed by atoms with E-state index in [2.05, 4.69) is 18.0 Å². The van der Waals surface area contributed by atoms with Crippen molar-refractivity contribution in [3.05, 3.63) is 42.0 Å². The number of hydrogen-bond acceptors (Lipinski definition) is 2. The maximum absolute atomic E-state index is 11.0. The summed E-state index contributed by atoms with van der Waals surface area (Å²) in [6.07, 6.45) is 3.40. The van der Waals surface area contributed by atoms with E-state index in [-0.39, 0.29) is 5.91 Å². The van der Waals surface area contributed by atoms with Crippen LogP contribution < -0.4 is 10.1 Å². The molecule has 84 valence electrons. The molecular formula is C13H15NO2. The fourth-order valence-electron chi connectivity index (χ4n) is 1.79. The third-order valence-electron chi connectivity index (χ3n) is 2.63. The lowest BCUT2D eigenvalue weighted by atomic mass is 10.0. The van der Waals surface area contributed by atoms with Crippen LogP contribution in [-0.4, -0.2) is 12.5 Å². The van der Waals surface area contributed by atoms with Crippen molar-refractivity contribution in [2.75, 3.05) is 6.61 Å². The molecule has 16 heavy (non-hydrogen) atoms. The summed E-state index contributed by atoms with van der Waals surface area (Å²) in [6.45, 7) is 4.76. The average Bonchev–Trinajstić information content (AvgIpc) is 2.35. The predicted octanol–water partition coefficient (Wildman–Crippen LogP) is 1.81. The van der Waals surface area contributed by atoms with Crippen LogP contribution in [-0.2, 0) is 17.8 Å². The second kappa shape index (κ2) is 4.84. The van der Waals surface area contributed by atoms with Crippen LogP contribution in [0.25, 0.3) is 0 Å². The van der Waals surface area contributed by atoms with Crippen LogP contribution in [0.1, 0.15) is 17.5 Å². The number of aryl methyl sites for hydroxylation is 1. The fourth-order valence-corrected chi connectivity index (χ4v) is 1.79. The van der Waals surface area contributed by atoms with Crippen LogP contribution in [0.4, 0.5) is 0 Å². The summed E-state index contributed by atoms with van der Waals surface area (Å²) in [5.74, 6) is 0.832. The molecule has 1 aromatic rings. The van der Waals surface area contributed by atoms with Crippen molar-refractivity contribution in [1.82, 2.24) is 5.32 Å². The summed E-state index contributed by atoms with van der Waals surface area (Å²) >= 11 is 0. The van der Waals surface area contributed by atoms with Gasteiger partial charge in [-0.3, -0.25) is 4.79 Å². The fraction of sp³-hybridized carbons (Fsp3) is 0.308. The van der Waals surface area contributed by atoms with Gasteiger partial charge >= 0.3 is 0 Å². The van der Waals surface area contributed by atoms with Gasteiger partial charge < -0.3 is 10.1 Å². The highest BCUT2D eigenvalue weighted by atomic mass is 16.5. The summed E-state index contributed by atoms with van der Waals surface area (Å²) in [6, 6.07) is 6.05. The maximum Gasteiger partial charge on any atom is 0.243 e. The van der Waals surface area contributed by atoms with Crippen LogP contribution in [0.15, 0.2) is 30.9 Å². The lowest BCUT2D eigenvalue weighted by Gasteiger charge is -2.17. The van der Waals surface area contributed by atoms with Gasteiger partial charge in [0, 0.05) is 6.54 Å². The quantitative estimate of drug-likeness (QED) is 0.784. The van der Waals surface area contributed by atoms with Crippen molar-refractivity contribution in [3.8, 4) is 5.75 Å². The molecule has 0 radical (unpaired) electrons. The van der Waals surface area contributed by atoms with E-state index in [4.69, 9.17) is 4.74 Å². The van der Waals surface area contributed by atoms with E-state index in [1.807, 2.05) is 12.1 Å². The number of hydrogen-bond donors (Lipinski definition) is 1. The Balaban J connectivity index is 2.05. The van der Waals surface area contributed by atoms with Gasteiger partial charge in [-0.2, -0.15) is 0 Å². The molecule has 0 unspecified atom stereocenters. The topological polar surface area (TPSA) is 38.3 Å². The van der Waals surface area contributed by atoms with Crippen LogP contribution >= 0.6 is 0 Å². The minimum Gasteiger partial charge on any atom is -0.493 e. The van der Waals surface area contributed by atoms with Crippen LogP contribution in [0.2, 0.25) is 0 Å². The first kappa shape index (κ1) is 10.7. The number of carbonyl (C=O) groups excluding carboxylic acids is 1. The van der Waals surface area contributed by atoms with Gasteiger partial charge in [-0.25, -0.2) is 0 Å². The average molecular weight is 217 g/mol. The van der Waals surface area contributed by atoms with E-state index in [1.54, 1.807) is 0 Å². The zero-order valence-electron chi connectivity index (χ0n) is 9.16. The molecule has 1 heterocycles. The number of ether oxygens (including phenoxy) is 1.